The second kappa shape index (κ2) is 5.58. The van der Waals surface area contributed by atoms with Gasteiger partial charge < -0.3 is 4.98 Å². The number of aryl methyl sites for hydroxylation is 3. The van der Waals surface area contributed by atoms with Crippen molar-refractivity contribution in [1.82, 2.24) is 25.0 Å². The van der Waals surface area contributed by atoms with Gasteiger partial charge in [-0.15, -0.1) is 11.3 Å². The summed E-state index contributed by atoms with van der Waals surface area (Å²) in [6.07, 6.45) is 7.55. The summed E-state index contributed by atoms with van der Waals surface area (Å²) in [4.78, 5) is 23.3. The molecule has 0 amide bonds. The Morgan fingerprint density at radius 1 is 1.43 bits per heavy atom. The summed E-state index contributed by atoms with van der Waals surface area (Å²) in [6, 6.07) is 0. The molecule has 23 heavy (non-hydrogen) atoms. The molecule has 1 aliphatic carbocycles. The number of nitrogens with zero attached hydrogens (tertiary/aromatic N) is 4. The van der Waals surface area contributed by atoms with Crippen LogP contribution in [0.4, 0.5) is 0 Å². The number of H-pyrrole nitrogens is 1. The van der Waals surface area contributed by atoms with E-state index in [1.54, 1.807) is 30.7 Å². The van der Waals surface area contributed by atoms with Gasteiger partial charge in [-0.2, -0.15) is 15.0 Å². The first-order valence-electron chi connectivity index (χ1n) is 7.40. The minimum absolute atomic E-state index is 0.116. The van der Waals surface area contributed by atoms with E-state index in [1.165, 1.54) is 21.7 Å². The van der Waals surface area contributed by atoms with Gasteiger partial charge in [0.25, 0.3) is 5.56 Å². The van der Waals surface area contributed by atoms with Crippen LogP contribution in [0.2, 0.25) is 0 Å². The Balaban J connectivity index is 1.82. The van der Waals surface area contributed by atoms with E-state index in [1.807, 2.05) is 0 Å². The van der Waals surface area contributed by atoms with Crippen LogP contribution in [-0.2, 0) is 19.9 Å². The second-order valence-corrected chi connectivity index (χ2v) is 7.05. The Hall–Kier alpha value is -1.99. The highest BCUT2D eigenvalue weighted by Crippen LogP contribution is 2.34. The van der Waals surface area contributed by atoms with Gasteiger partial charge in [-0.25, -0.2) is 4.98 Å². The van der Waals surface area contributed by atoms with E-state index in [0.29, 0.717) is 16.6 Å². The molecule has 0 atom stereocenters. The summed E-state index contributed by atoms with van der Waals surface area (Å²) in [7, 11) is 1.73. The number of aromatic nitrogens is 5. The van der Waals surface area contributed by atoms with Crippen LogP contribution in [0.5, 0.6) is 0 Å². The van der Waals surface area contributed by atoms with Crippen molar-refractivity contribution in [2.45, 2.75) is 25.7 Å². The number of fused-ring (bicyclic) bond motifs is 3. The molecule has 3 heterocycles. The minimum Gasteiger partial charge on any atom is -0.305 e. The molecule has 3 aromatic rings. The summed E-state index contributed by atoms with van der Waals surface area (Å²) in [6.45, 7) is 0. The average molecular weight is 348 g/mol. The van der Waals surface area contributed by atoms with E-state index >= 15 is 0 Å². The van der Waals surface area contributed by atoms with E-state index in [0.717, 1.165) is 29.5 Å². The zero-order chi connectivity index (χ0) is 16.0. The van der Waals surface area contributed by atoms with Crippen LogP contribution in [0.25, 0.3) is 21.3 Å². The van der Waals surface area contributed by atoms with E-state index < -0.39 is 0 Å². The maximum absolute atomic E-state index is 12.5. The molecule has 3 aromatic heterocycles. The summed E-state index contributed by atoms with van der Waals surface area (Å²) >= 11 is 7.91. The number of nitrogens with one attached hydrogen (secondary N) is 1. The monoisotopic (exact) mass is 347 g/mol. The van der Waals surface area contributed by atoms with Crippen molar-refractivity contribution in [3.63, 3.8) is 0 Å². The topological polar surface area (TPSA) is 76.5 Å². The highest BCUT2D eigenvalue weighted by molar-refractivity contribution is 7.18. The Kier molecular flexibility index (Phi) is 3.54. The number of halogens is 1. The lowest BCUT2D eigenvalue weighted by Gasteiger charge is -2.09. The van der Waals surface area contributed by atoms with Gasteiger partial charge in [0, 0.05) is 11.9 Å². The van der Waals surface area contributed by atoms with Crippen molar-refractivity contribution >= 4 is 44.3 Å². The van der Waals surface area contributed by atoms with Crippen molar-refractivity contribution in [3.8, 4) is 0 Å². The van der Waals surface area contributed by atoms with Gasteiger partial charge in [-0.05, 0) is 37.3 Å². The van der Waals surface area contributed by atoms with Crippen molar-refractivity contribution in [2.24, 2.45) is 7.05 Å². The smallest absolute Gasteiger partial charge is 0.260 e. The maximum Gasteiger partial charge on any atom is 0.260 e. The molecule has 0 aliphatic heterocycles. The second-order valence-electron chi connectivity index (χ2n) is 5.56. The van der Waals surface area contributed by atoms with Crippen LogP contribution in [0, 0.1) is 0 Å². The Bertz CT molecular complexity index is 984. The van der Waals surface area contributed by atoms with Crippen LogP contribution in [0.1, 0.15) is 34.8 Å². The van der Waals surface area contributed by atoms with Gasteiger partial charge in [0.1, 0.15) is 10.5 Å². The summed E-state index contributed by atoms with van der Waals surface area (Å²) in [5.41, 5.74) is 1.67. The summed E-state index contributed by atoms with van der Waals surface area (Å²) in [5.74, 6) is 0.369. The third-order valence-electron chi connectivity index (χ3n) is 3.94. The molecule has 8 heteroatoms. The Labute approximate surface area is 140 Å². The Morgan fingerprint density at radius 2 is 2.26 bits per heavy atom. The fraction of sp³-hybridized carbons (Fsp3) is 0.333. The van der Waals surface area contributed by atoms with E-state index in [2.05, 4.69) is 20.2 Å². The van der Waals surface area contributed by atoms with Crippen LogP contribution in [-0.4, -0.2) is 25.0 Å². The predicted octanol–water partition coefficient (Wildman–Crippen LogP) is 2.73. The standard InChI is InChI=1S/C15H14ClN5OS/c1-21-17-7-8(20-21)6-10(16)13-18-14(22)12-9-4-2-3-5-11(9)23-15(12)19-13/h6-7H,2-5H2,1H3,(H,18,19,22)/b10-6-. The van der Waals surface area contributed by atoms with Gasteiger partial charge in [0.2, 0.25) is 0 Å². The SMILES string of the molecule is Cn1ncc(/C=C(\Cl)c2nc3sc4c(c3c(=O)[nH]2)CCCC4)n1. The lowest BCUT2D eigenvalue weighted by Crippen LogP contribution is -2.12. The average Bonchev–Trinajstić information content (AvgIpc) is 3.10. The van der Waals surface area contributed by atoms with Crippen molar-refractivity contribution in [2.75, 3.05) is 0 Å². The van der Waals surface area contributed by atoms with Crippen LogP contribution in [0.15, 0.2) is 11.0 Å². The largest absolute Gasteiger partial charge is 0.305 e. The number of thiophene rings is 1. The predicted molar refractivity (Wildman–Crippen MR) is 91.6 cm³/mol. The maximum atomic E-state index is 12.5. The van der Waals surface area contributed by atoms with Gasteiger partial charge in [0.05, 0.1) is 16.6 Å². The normalized spacial score (nSPS) is 15.1. The zero-order valence-corrected chi connectivity index (χ0v) is 14.0. The van der Waals surface area contributed by atoms with Crippen LogP contribution in [0.3, 0.4) is 0 Å². The third kappa shape index (κ3) is 2.60. The molecule has 0 unspecified atom stereocenters. The Morgan fingerprint density at radius 3 is 3.04 bits per heavy atom. The van der Waals surface area contributed by atoms with Gasteiger partial charge in [-0.3, -0.25) is 4.79 Å². The number of aromatic amines is 1. The lowest BCUT2D eigenvalue weighted by atomic mass is 9.97. The molecule has 0 fully saturated rings. The highest BCUT2D eigenvalue weighted by Gasteiger charge is 2.20. The van der Waals surface area contributed by atoms with Crippen molar-refractivity contribution in [1.29, 1.82) is 0 Å². The zero-order valence-electron chi connectivity index (χ0n) is 12.5. The molecule has 0 saturated carbocycles. The van der Waals surface area contributed by atoms with Gasteiger partial charge >= 0.3 is 0 Å². The first-order valence-corrected chi connectivity index (χ1v) is 8.60. The number of hydrogen-bond acceptors (Lipinski definition) is 5. The molecular weight excluding hydrogens is 334 g/mol. The molecule has 6 nitrogen and oxygen atoms in total. The first kappa shape index (κ1) is 14.6. The van der Waals surface area contributed by atoms with Crippen LogP contribution < -0.4 is 5.56 Å². The molecule has 0 saturated heterocycles. The molecular formula is C15H14ClN5OS. The minimum atomic E-state index is -0.116. The van der Waals surface area contributed by atoms with Crippen molar-refractivity contribution in [3.05, 3.63) is 38.5 Å². The molecule has 1 aliphatic rings. The molecule has 0 spiro atoms. The van der Waals surface area contributed by atoms with E-state index in [9.17, 15) is 4.79 Å². The number of hydrogen-bond donors (Lipinski definition) is 1. The van der Waals surface area contributed by atoms with Crippen molar-refractivity contribution < 1.29 is 0 Å². The molecule has 1 N–H and O–H groups in total. The van der Waals surface area contributed by atoms with Gasteiger partial charge in [0.15, 0.2) is 5.82 Å². The first-order chi connectivity index (χ1) is 11.1. The van der Waals surface area contributed by atoms with E-state index in [4.69, 9.17) is 11.6 Å². The van der Waals surface area contributed by atoms with E-state index in [-0.39, 0.29) is 5.56 Å². The molecule has 0 radical (unpaired) electrons. The third-order valence-corrected chi connectivity index (χ3v) is 5.42. The molecule has 0 aromatic carbocycles. The van der Waals surface area contributed by atoms with Gasteiger partial charge in [-0.1, -0.05) is 11.6 Å². The highest BCUT2D eigenvalue weighted by atomic mass is 35.5. The van der Waals surface area contributed by atoms with Crippen LogP contribution >= 0.6 is 22.9 Å². The fourth-order valence-corrected chi connectivity index (χ4v) is 4.37. The summed E-state index contributed by atoms with van der Waals surface area (Å²) < 4.78 is 0. The summed E-state index contributed by atoms with van der Waals surface area (Å²) in [5, 5.41) is 9.21. The lowest BCUT2D eigenvalue weighted by molar-refractivity contribution is 0.652. The fourth-order valence-electron chi connectivity index (χ4n) is 2.90. The molecule has 0 bridgehead atoms. The number of rotatable bonds is 2. The molecule has 4 rings (SSSR count). The quantitative estimate of drug-likeness (QED) is 0.773. The molecule has 118 valence electrons.